The molecule has 4 heterocycles. The Morgan fingerprint density at radius 3 is 2.60 bits per heavy atom. The minimum absolute atomic E-state index is 0.00321. The van der Waals surface area contributed by atoms with Crippen molar-refractivity contribution in [3.05, 3.63) is 60.7 Å². The molecule has 0 radical (unpaired) electrons. The Bertz CT molecular complexity index is 964. The maximum Gasteiger partial charge on any atom is 0.223 e. The molecule has 2 saturated heterocycles. The predicted molar refractivity (Wildman–Crippen MR) is 110 cm³/mol. The summed E-state index contributed by atoms with van der Waals surface area (Å²) in [6.45, 7) is 1.80. The van der Waals surface area contributed by atoms with Gasteiger partial charge in [-0.2, -0.15) is 0 Å². The molecule has 8 nitrogen and oxygen atoms in total. The van der Waals surface area contributed by atoms with Crippen LogP contribution in [0.4, 0.5) is 5.95 Å². The molecule has 5 rings (SSSR count). The maximum atomic E-state index is 6.03. The molecule has 0 spiro atoms. The Morgan fingerprint density at radius 1 is 1.03 bits per heavy atom. The van der Waals surface area contributed by atoms with E-state index in [9.17, 15) is 0 Å². The highest BCUT2D eigenvalue weighted by molar-refractivity contribution is 5.61. The highest BCUT2D eigenvalue weighted by Gasteiger charge is 2.47. The van der Waals surface area contributed by atoms with Crippen LogP contribution in [0.15, 0.2) is 59.3 Å². The van der Waals surface area contributed by atoms with Gasteiger partial charge in [0.2, 0.25) is 5.95 Å². The van der Waals surface area contributed by atoms with E-state index in [1.165, 1.54) is 0 Å². The van der Waals surface area contributed by atoms with Crippen molar-refractivity contribution in [2.45, 2.75) is 30.8 Å². The molecular formula is C22H24N4O4. The van der Waals surface area contributed by atoms with E-state index >= 15 is 0 Å². The Balaban J connectivity index is 1.22. The standard InChI is InChI=1S/C22H24N4O4/c1-27-15-6-4-14(5-7-15)17-8-9-23-22(25-17)26-19-13-30-20-18(12-29-21(19)20)24-11-16-3-2-10-28-16/h2-10,18-21,24H,11-13H2,1H3,(H,23,25,26)/t18-,19-,20+,21+/m0/s1. The summed E-state index contributed by atoms with van der Waals surface area (Å²) in [6, 6.07) is 13.6. The third-order valence-corrected chi connectivity index (χ3v) is 5.53. The van der Waals surface area contributed by atoms with Crippen molar-refractivity contribution in [1.29, 1.82) is 0 Å². The zero-order valence-corrected chi connectivity index (χ0v) is 16.7. The molecule has 2 fully saturated rings. The summed E-state index contributed by atoms with van der Waals surface area (Å²) in [6.07, 6.45) is 3.37. The molecule has 0 amide bonds. The van der Waals surface area contributed by atoms with Gasteiger partial charge < -0.3 is 29.3 Å². The molecular weight excluding hydrogens is 384 g/mol. The fraction of sp³-hybridized carbons (Fsp3) is 0.364. The van der Waals surface area contributed by atoms with Gasteiger partial charge >= 0.3 is 0 Å². The number of fused-ring (bicyclic) bond motifs is 1. The van der Waals surface area contributed by atoms with Crippen LogP contribution in [0.1, 0.15) is 5.76 Å². The summed E-state index contributed by atoms with van der Waals surface area (Å²) in [5.41, 5.74) is 1.84. The minimum atomic E-state index is -0.0488. The predicted octanol–water partition coefficient (Wildman–Crippen LogP) is 2.48. The van der Waals surface area contributed by atoms with Gasteiger partial charge in [-0.15, -0.1) is 0 Å². The summed E-state index contributed by atoms with van der Waals surface area (Å²) in [5.74, 6) is 2.27. The first-order valence-corrected chi connectivity index (χ1v) is 10.0. The SMILES string of the molecule is COc1ccc(-c2ccnc(N[C@H]3CO[C@H]4[C@@H]3OC[C@@H]4NCc3ccco3)n2)cc1. The number of aromatic nitrogens is 2. The van der Waals surface area contributed by atoms with Crippen molar-refractivity contribution in [2.75, 3.05) is 25.6 Å². The average molecular weight is 408 g/mol. The van der Waals surface area contributed by atoms with Crippen LogP contribution in [0.25, 0.3) is 11.3 Å². The molecule has 30 heavy (non-hydrogen) atoms. The van der Waals surface area contributed by atoms with Crippen LogP contribution in [-0.4, -0.2) is 54.6 Å². The van der Waals surface area contributed by atoms with E-state index in [2.05, 4.69) is 20.6 Å². The van der Waals surface area contributed by atoms with Crippen LogP contribution in [0.5, 0.6) is 5.75 Å². The Morgan fingerprint density at radius 2 is 1.83 bits per heavy atom. The molecule has 2 aliphatic rings. The maximum absolute atomic E-state index is 6.03. The summed E-state index contributed by atoms with van der Waals surface area (Å²) in [5, 5.41) is 6.86. The van der Waals surface area contributed by atoms with Crippen LogP contribution in [0.3, 0.4) is 0 Å². The minimum Gasteiger partial charge on any atom is -0.497 e. The molecule has 8 heteroatoms. The van der Waals surface area contributed by atoms with Crippen LogP contribution in [-0.2, 0) is 16.0 Å². The number of nitrogens with one attached hydrogen (secondary N) is 2. The average Bonchev–Trinajstić information content (AvgIpc) is 3.52. The number of hydrogen-bond acceptors (Lipinski definition) is 8. The van der Waals surface area contributed by atoms with Crippen molar-refractivity contribution < 1.29 is 18.6 Å². The van der Waals surface area contributed by atoms with Crippen LogP contribution < -0.4 is 15.4 Å². The molecule has 2 aliphatic heterocycles. The smallest absolute Gasteiger partial charge is 0.223 e. The van der Waals surface area contributed by atoms with E-state index in [1.54, 1.807) is 19.6 Å². The van der Waals surface area contributed by atoms with Crippen molar-refractivity contribution in [3.8, 4) is 17.0 Å². The second-order valence-electron chi connectivity index (χ2n) is 7.41. The Kier molecular flexibility index (Phi) is 5.35. The van der Waals surface area contributed by atoms with Gasteiger partial charge in [-0.3, -0.25) is 0 Å². The van der Waals surface area contributed by atoms with Gasteiger partial charge in [0.05, 0.1) is 50.9 Å². The second kappa shape index (κ2) is 8.43. The Labute approximate surface area is 174 Å². The molecule has 4 atom stereocenters. The number of hydrogen-bond donors (Lipinski definition) is 2. The highest BCUT2D eigenvalue weighted by Crippen LogP contribution is 2.29. The first-order chi connectivity index (χ1) is 14.8. The molecule has 2 N–H and O–H groups in total. The fourth-order valence-corrected chi connectivity index (χ4v) is 3.96. The molecule has 0 saturated carbocycles. The lowest BCUT2D eigenvalue weighted by Gasteiger charge is -2.18. The first kappa shape index (κ1) is 19.0. The molecule has 3 aromatic rings. The van der Waals surface area contributed by atoms with Crippen molar-refractivity contribution in [1.82, 2.24) is 15.3 Å². The lowest BCUT2D eigenvalue weighted by molar-refractivity contribution is 0.0673. The third kappa shape index (κ3) is 3.89. The molecule has 2 aromatic heterocycles. The van der Waals surface area contributed by atoms with E-state index < -0.39 is 0 Å². The summed E-state index contributed by atoms with van der Waals surface area (Å²) >= 11 is 0. The number of benzene rings is 1. The number of rotatable bonds is 7. The lowest BCUT2D eigenvalue weighted by atomic mass is 10.1. The zero-order valence-electron chi connectivity index (χ0n) is 16.7. The summed E-state index contributed by atoms with van der Waals surface area (Å²) < 4.78 is 22.7. The van der Waals surface area contributed by atoms with Gasteiger partial charge in [0.1, 0.15) is 23.7 Å². The quantitative estimate of drug-likeness (QED) is 0.616. The topological polar surface area (TPSA) is 90.7 Å². The number of ether oxygens (including phenoxy) is 3. The normalized spacial score (nSPS) is 25.2. The monoisotopic (exact) mass is 408 g/mol. The molecule has 0 unspecified atom stereocenters. The van der Waals surface area contributed by atoms with Crippen molar-refractivity contribution in [2.24, 2.45) is 0 Å². The van der Waals surface area contributed by atoms with E-state index in [0.717, 1.165) is 22.8 Å². The lowest BCUT2D eigenvalue weighted by Crippen LogP contribution is -2.41. The molecule has 0 aliphatic carbocycles. The number of nitrogens with zero attached hydrogens (tertiary/aromatic N) is 2. The van der Waals surface area contributed by atoms with Crippen molar-refractivity contribution in [3.63, 3.8) is 0 Å². The number of anilines is 1. The van der Waals surface area contributed by atoms with Gasteiger partial charge in [-0.1, -0.05) is 0 Å². The van der Waals surface area contributed by atoms with Crippen LogP contribution >= 0.6 is 0 Å². The zero-order chi connectivity index (χ0) is 20.3. The fourth-order valence-electron chi connectivity index (χ4n) is 3.96. The van der Waals surface area contributed by atoms with E-state index in [4.69, 9.17) is 18.6 Å². The molecule has 1 aromatic carbocycles. The van der Waals surface area contributed by atoms with Crippen LogP contribution in [0, 0.1) is 0 Å². The third-order valence-electron chi connectivity index (χ3n) is 5.53. The number of methoxy groups -OCH3 is 1. The first-order valence-electron chi connectivity index (χ1n) is 10.0. The van der Waals surface area contributed by atoms with Gasteiger partial charge in [0.25, 0.3) is 0 Å². The van der Waals surface area contributed by atoms with E-state index in [1.807, 2.05) is 42.5 Å². The van der Waals surface area contributed by atoms with Gasteiger partial charge in [0, 0.05) is 11.8 Å². The largest absolute Gasteiger partial charge is 0.497 e. The summed E-state index contributed by atoms with van der Waals surface area (Å²) in [4.78, 5) is 9.04. The second-order valence-corrected chi connectivity index (χ2v) is 7.41. The van der Waals surface area contributed by atoms with Gasteiger partial charge in [-0.25, -0.2) is 9.97 Å². The van der Waals surface area contributed by atoms with E-state index in [-0.39, 0.29) is 24.3 Å². The number of furan rings is 1. The molecule has 0 bridgehead atoms. The summed E-state index contributed by atoms with van der Waals surface area (Å²) in [7, 11) is 1.65. The Hall–Kier alpha value is -2.94. The van der Waals surface area contributed by atoms with Crippen molar-refractivity contribution >= 4 is 5.95 Å². The van der Waals surface area contributed by atoms with Gasteiger partial charge in [0.15, 0.2) is 0 Å². The van der Waals surface area contributed by atoms with Crippen LogP contribution in [0.2, 0.25) is 0 Å². The molecule has 156 valence electrons. The van der Waals surface area contributed by atoms with Gasteiger partial charge in [-0.05, 0) is 42.5 Å². The highest BCUT2D eigenvalue weighted by atomic mass is 16.6. The van der Waals surface area contributed by atoms with E-state index in [0.29, 0.717) is 25.7 Å².